The molecule has 9 rings (SSSR count). The Morgan fingerprint density at radius 1 is 1.12 bits per heavy atom. The van der Waals surface area contributed by atoms with Crippen LogP contribution in [0.15, 0.2) is 36.4 Å². The number of pyridine rings is 1. The lowest BCUT2D eigenvalue weighted by Gasteiger charge is -2.70. The van der Waals surface area contributed by atoms with Gasteiger partial charge in [0.2, 0.25) is 5.88 Å². The summed E-state index contributed by atoms with van der Waals surface area (Å²) in [6.45, 7) is 3.58. The second-order valence-corrected chi connectivity index (χ2v) is 13.5. The molecular weight excluding hydrogens is 561 g/mol. The predicted octanol–water partition coefficient (Wildman–Crippen LogP) is 5.81. The van der Waals surface area contributed by atoms with Gasteiger partial charge in [-0.3, -0.25) is 4.90 Å². The second-order valence-electron chi connectivity index (χ2n) is 13.5. The first-order chi connectivity index (χ1) is 20.6. The molecule has 3 aromatic rings. The molecule has 1 unspecified atom stereocenters. The third-order valence-corrected chi connectivity index (χ3v) is 10.8. The van der Waals surface area contributed by atoms with Crippen LogP contribution in [0.3, 0.4) is 0 Å². The number of alkyl halides is 3. The Bertz CT molecular complexity index is 1570. The lowest BCUT2D eigenvalue weighted by Crippen LogP contribution is -2.69. The average Bonchev–Trinajstić information content (AvgIpc) is 3.59. The first-order valence-electron chi connectivity index (χ1n) is 15.2. The molecule has 0 radical (unpaired) electrons. The summed E-state index contributed by atoms with van der Waals surface area (Å²) in [4.78, 5) is 24.4. The minimum atomic E-state index is -4.10. The molecule has 43 heavy (non-hydrogen) atoms. The predicted molar refractivity (Wildman–Crippen MR) is 150 cm³/mol. The first kappa shape index (κ1) is 27.4. The number of carbonyl (C=O) groups excluding carboxylic acids is 1. The molecule has 8 nitrogen and oxygen atoms in total. The Hall–Kier alpha value is -3.18. The number of imidazole rings is 1. The van der Waals surface area contributed by atoms with Crippen LogP contribution in [-0.4, -0.2) is 70.6 Å². The highest BCUT2D eigenvalue weighted by Crippen LogP contribution is 2.78. The minimum Gasteiger partial charge on any atom is -0.477 e. The van der Waals surface area contributed by atoms with E-state index in [0.29, 0.717) is 30.5 Å². The van der Waals surface area contributed by atoms with E-state index in [1.165, 1.54) is 7.11 Å². The molecule has 4 saturated carbocycles. The number of hydrogen-bond acceptors (Lipinski definition) is 7. The number of carbonyl (C=O) groups is 1. The van der Waals surface area contributed by atoms with Crippen molar-refractivity contribution in [3.63, 3.8) is 0 Å². The van der Waals surface area contributed by atoms with Crippen molar-refractivity contribution in [1.82, 2.24) is 19.4 Å². The van der Waals surface area contributed by atoms with Crippen molar-refractivity contribution in [2.24, 2.45) is 10.8 Å². The maximum atomic E-state index is 13.2. The van der Waals surface area contributed by atoms with E-state index in [-0.39, 0.29) is 42.3 Å². The van der Waals surface area contributed by atoms with Crippen molar-refractivity contribution in [2.45, 2.75) is 75.2 Å². The molecule has 4 heterocycles. The monoisotopic (exact) mass is 596 g/mol. The van der Waals surface area contributed by atoms with Gasteiger partial charge in [0, 0.05) is 35.9 Å². The van der Waals surface area contributed by atoms with Crippen molar-refractivity contribution in [1.29, 1.82) is 0 Å². The lowest BCUT2D eigenvalue weighted by atomic mass is 9.35. The molecule has 228 valence electrons. The zero-order chi connectivity index (χ0) is 29.6. The fourth-order valence-electron chi connectivity index (χ4n) is 8.23. The number of fused-ring (bicyclic) bond motifs is 1. The van der Waals surface area contributed by atoms with Gasteiger partial charge in [-0.05, 0) is 69.5 Å². The Morgan fingerprint density at radius 2 is 1.88 bits per heavy atom. The summed E-state index contributed by atoms with van der Waals surface area (Å²) >= 11 is 0. The Balaban J connectivity index is 0.921. The van der Waals surface area contributed by atoms with Crippen LogP contribution >= 0.6 is 0 Å². The summed E-state index contributed by atoms with van der Waals surface area (Å²) in [7, 11) is 1.39. The third-order valence-electron chi connectivity index (χ3n) is 10.8. The lowest BCUT2D eigenvalue weighted by molar-refractivity contribution is -0.367. The van der Waals surface area contributed by atoms with Crippen LogP contribution in [0.2, 0.25) is 0 Å². The van der Waals surface area contributed by atoms with Gasteiger partial charge in [-0.15, -0.1) is 0 Å². The van der Waals surface area contributed by atoms with Crippen LogP contribution in [0, 0.1) is 10.8 Å². The van der Waals surface area contributed by atoms with Gasteiger partial charge >= 0.3 is 12.1 Å². The summed E-state index contributed by atoms with van der Waals surface area (Å²) < 4.78 is 58.7. The van der Waals surface area contributed by atoms with Crippen molar-refractivity contribution in [2.75, 3.05) is 33.4 Å². The largest absolute Gasteiger partial charge is 0.477 e. The molecular formula is C32H35F3N4O4. The molecule has 1 aromatic carbocycles. The van der Waals surface area contributed by atoms with Crippen LogP contribution in [0.25, 0.3) is 11.0 Å². The average molecular weight is 597 g/mol. The number of rotatable bonds is 8. The first-order valence-corrected chi connectivity index (χ1v) is 15.2. The fourth-order valence-corrected chi connectivity index (χ4v) is 8.23. The molecule has 1 spiro atoms. The number of esters is 1. The molecule has 2 saturated heterocycles. The maximum Gasteiger partial charge on any atom is 0.394 e. The third kappa shape index (κ3) is 4.36. The smallest absolute Gasteiger partial charge is 0.394 e. The number of benzene rings is 1. The van der Waals surface area contributed by atoms with E-state index in [4.69, 9.17) is 24.2 Å². The molecule has 4 aliphatic carbocycles. The molecule has 2 atom stereocenters. The van der Waals surface area contributed by atoms with E-state index >= 15 is 0 Å². The molecule has 0 amide bonds. The SMILES string of the molecule is COC(=O)c1ccc2nc(CN3CCC(c4cccc(OCC56CC(C(F)(F)F)(C5)C6)n4)CC3)n([C@@H]3CC34CCO4)c2c1. The Morgan fingerprint density at radius 3 is 2.53 bits per heavy atom. The summed E-state index contributed by atoms with van der Waals surface area (Å²) in [6, 6.07) is 11.5. The van der Waals surface area contributed by atoms with Gasteiger partial charge in [-0.2, -0.15) is 13.2 Å². The summed E-state index contributed by atoms with van der Waals surface area (Å²) in [6.07, 6.45) is 0.321. The van der Waals surface area contributed by atoms with E-state index < -0.39 is 11.6 Å². The number of piperidine rings is 1. The Kier molecular flexibility index (Phi) is 5.99. The van der Waals surface area contributed by atoms with E-state index in [2.05, 4.69) is 9.47 Å². The minimum absolute atomic E-state index is 0.0895. The quantitative estimate of drug-likeness (QED) is 0.304. The van der Waals surface area contributed by atoms with E-state index in [1.54, 1.807) is 12.1 Å². The van der Waals surface area contributed by atoms with E-state index in [1.807, 2.05) is 24.3 Å². The Labute approximate surface area is 247 Å². The zero-order valence-corrected chi connectivity index (χ0v) is 24.2. The van der Waals surface area contributed by atoms with Gasteiger partial charge in [-0.25, -0.2) is 14.8 Å². The fraction of sp³-hybridized carbons (Fsp3) is 0.594. The van der Waals surface area contributed by atoms with Gasteiger partial charge in [-0.1, -0.05) is 6.07 Å². The number of ether oxygens (including phenoxy) is 3. The van der Waals surface area contributed by atoms with Crippen LogP contribution in [0.4, 0.5) is 13.2 Å². The number of aromatic nitrogens is 3. The van der Waals surface area contributed by atoms with Gasteiger partial charge < -0.3 is 18.8 Å². The van der Waals surface area contributed by atoms with E-state index in [9.17, 15) is 18.0 Å². The molecule has 11 heteroatoms. The standard InChI is InChI=1S/C32H35F3N4O4/c1-41-28(40)21-5-6-23-24(13-21)39(25-14-31(25)9-12-43-31)26(36-23)15-38-10-7-20(8-11-38)22-3-2-4-27(37-22)42-19-29-16-30(17-29,18-29)32(33,34)35/h2-6,13,20,25H,7-12,14-19H2,1H3/t25-,29?,30?,31?/m1/s1. The molecule has 2 bridgehead atoms. The summed E-state index contributed by atoms with van der Waals surface area (Å²) in [5.41, 5.74) is 1.42. The molecule has 0 N–H and O–H groups in total. The van der Waals surface area contributed by atoms with Crippen LogP contribution in [0.5, 0.6) is 5.88 Å². The zero-order valence-electron chi connectivity index (χ0n) is 24.2. The topological polar surface area (TPSA) is 78.7 Å². The van der Waals surface area contributed by atoms with Gasteiger partial charge in [0.1, 0.15) is 5.82 Å². The van der Waals surface area contributed by atoms with Crippen LogP contribution in [-0.2, 0) is 16.0 Å². The second kappa shape index (κ2) is 9.41. The van der Waals surface area contributed by atoms with Crippen molar-refractivity contribution >= 4 is 17.0 Å². The van der Waals surface area contributed by atoms with Crippen LogP contribution in [0.1, 0.15) is 78.8 Å². The number of nitrogens with zero attached hydrogens (tertiary/aromatic N) is 4. The number of halogens is 3. The van der Waals surface area contributed by atoms with Crippen molar-refractivity contribution in [3.8, 4) is 5.88 Å². The van der Waals surface area contributed by atoms with Gasteiger partial charge in [0.15, 0.2) is 0 Å². The normalized spacial score (nSPS) is 31.8. The highest BCUT2D eigenvalue weighted by atomic mass is 19.4. The molecule has 2 aromatic heterocycles. The highest BCUT2D eigenvalue weighted by molar-refractivity contribution is 5.93. The van der Waals surface area contributed by atoms with E-state index in [0.717, 1.165) is 67.9 Å². The maximum absolute atomic E-state index is 13.2. The molecule has 6 aliphatic rings. The molecule has 6 fully saturated rings. The summed E-state index contributed by atoms with van der Waals surface area (Å²) in [5, 5.41) is 0. The van der Waals surface area contributed by atoms with Crippen molar-refractivity contribution < 1.29 is 32.2 Å². The number of likely N-dealkylation sites (tertiary alicyclic amines) is 1. The molecule has 2 aliphatic heterocycles. The summed E-state index contributed by atoms with van der Waals surface area (Å²) in [5.74, 6) is 1.42. The van der Waals surface area contributed by atoms with Crippen molar-refractivity contribution in [3.05, 3.63) is 53.5 Å². The number of methoxy groups -OCH3 is 1. The van der Waals surface area contributed by atoms with Crippen LogP contribution < -0.4 is 4.74 Å². The van der Waals surface area contributed by atoms with Gasteiger partial charge in [0.05, 0.1) is 60.5 Å². The highest BCUT2D eigenvalue weighted by Gasteiger charge is 2.78. The van der Waals surface area contributed by atoms with Gasteiger partial charge in [0.25, 0.3) is 0 Å². The number of hydrogen-bond donors (Lipinski definition) is 0.